The first-order valence-electron chi connectivity index (χ1n) is 6.60. The molecular formula is C16H17NO4S. The van der Waals surface area contributed by atoms with Crippen molar-refractivity contribution in [1.29, 1.82) is 0 Å². The van der Waals surface area contributed by atoms with E-state index in [1.807, 2.05) is 6.92 Å². The Morgan fingerprint density at radius 2 is 1.64 bits per heavy atom. The number of carboxylic acid groups (broad SMARTS) is 1. The molecule has 0 aliphatic heterocycles. The number of nitrogens with zero attached hydrogens (tertiary/aromatic N) is 1. The van der Waals surface area contributed by atoms with Gasteiger partial charge in [0.15, 0.2) is 0 Å². The number of carbonyl (C=O) groups is 1. The van der Waals surface area contributed by atoms with Gasteiger partial charge in [-0.3, -0.25) is 0 Å². The fourth-order valence-corrected chi connectivity index (χ4v) is 3.04. The van der Waals surface area contributed by atoms with Gasteiger partial charge in [0, 0.05) is 14.1 Å². The Labute approximate surface area is 129 Å². The quantitative estimate of drug-likeness (QED) is 0.940. The highest BCUT2D eigenvalue weighted by Crippen LogP contribution is 2.26. The van der Waals surface area contributed by atoms with Gasteiger partial charge in [-0.1, -0.05) is 18.2 Å². The standard InChI is InChI=1S/C16H17NO4S/c1-11-10-13(16(18)19)6-9-15(11)12-4-7-14(8-5-12)22(20,21)17(2)3/h4-10H,1-3H3,(H,18,19). The molecule has 0 radical (unpaired) electrons. The summed E-state index contributed by atoms with van der Waals surface area (Å²) in [7, 11) is -0.480. The lowest BCUT2D eigenvalue weighted by atomic mass is 9.98. The molecule has 5 nitrogen and oxygen atoms in total. The van der Waals surface area contributed by atoms with Crippen molar-refractivity contribution in [2.75, 3.05) is 14.1 Å². The third-order valence-corrected chi connectivity index (χ3v) is 5.25. The summed E-state index contributed by atoms with van der Waals surface area (Å²) in [4.78, 5) is 11.2. The summed E-state index contributed by atoms with van der Waals surface area (Å²) in [6.45, 7) is 1.83. The smallest absolute Gasteiger partial charge is 0.335 e. The molecule has 0 amide bonds. The fourth-order valence-electron chi connectivity index (χ4n) is 2.14. The summed E-state index contributed by atoms with van der Waals surface area (Å²) in [6, 6.07) is 11.4. The molecule has 0 fully saturated rings. The van der Waals surface area contributed by atoms with E-state index in [-0.39, 0.29) is 10.5 Å². The molecule has 2 aromatic carbocycles. The summed E-state index contributed by atoms with van der Waals surface area (Å²) in [5.41, 5.74) is 2.77. The minimum Gasteiger partial charge on any atom is -0.478 e. The van der Waals surface area contributed by atoms with E-state index >= 15 is 0 Å². The predicted molar refractivity (Wildman–Crippen MR) is 84.4 cm³/mol. The molecular weight excluding hydrogens is 302 g/mol. The summed E-state index contributed by atoms with van der Waals surface area (Å²) < 4.78 is 25.2. The molecule has 0 saturated carbocycles. The lowest BCUT2D eigenvalue weighted by molar-refractivity contribution is 0.0697. The molecule has 0 unspecified atom stereocenters. The zero-order chi connectivity index (χ0) is 16.5. The third-order valence-electron chi connectivity index (χ3n) is 3.42. The summed E-state index contributed by atoms with van der Waals surface area (Å²) in [5, 5.41) is 8.98. The van der Waals surface area contributed by atoms with Crippen molar-refractivity contribution < 1.29 is 18.3 Å². The number of carboxylic acids is 1. The molecule has 22 heavy (non-hydrogen) atoms. The van der Waals surface area contributed by atoms with Gasteiger partial charge in [0.1, 0.15) is 0 Å². The van der Waals surface area contributed by atoms with Crippen LogP contribution in [0.1, 0.15) is 15.9 Å². The maximum Gasteiger partial charge on any atom is 0.335 e. The number of aryl methyl sites for hydroxylation is 1. The highest BCUT2D eigenvalue weighted by atomic mass is 32.2. The maximum atomic E-state index is 12.0. The normalized spacial score (nSPS) is 11.6. The molecule has 1 N–H and O–H groups in total. The zero-order valence-corrected chi connectivity index (χ0v) is 13.4. The van der Waals surface area contributed by atoms with Crippen LogP contribution in [-0.4, -0.2) is 37.9 Å². The Kier molecular flexibility index (Phi) is 4.35. The van der Waals surface area contributed by atoms with Crippen LogP contribution in [0.5, 0.6) is 0 Å². The number of aromatic carboxylic acids is 1. The first kappa shape index (κ1) is 16.2. The van der Waals surface area contributed by atoms with Gasteiger partial charge in [-0.05, 0) is 47.9 Å². The first-order valence-corrected chi connectivity index (χ1v) is 8.04. The van der Waals surface area contributed by atoms with E-state index in [9.17, 15) is 13.2 Å². The largest absolute Gasteiger partial charge is 0.478 e. The Morgan fingerprint density at radius 1 is 1.05 bits per heavy atom. The maximum absolute atomic E-state index is 12.0. The second kappa shape index (κ2) is 5.90. The van der Waals surface area contributed by atoms with Crippen molar-refractivity contribution in [3.8, 4) is 11.1 Å². The Morgan fingerprint density at radius 3 is 2.09 bits per heavy atom. The van der Waals surface area contributed by atoms with Gasteiger partial charge in [-0.2, -0.15) is 0 Å². The van der Waals surface area contributed by atoms with Crippen LogP contribution in [0.3, 0.4) is 0 Å². The van der Waals surface area contributed by atoms with Crippen LogP contribution in [0.4, 0.5) is 0 Å². The topological polar surface area (TPSA) is 74.7 Å². The highest BCUT2D eigenvalue weighted by molar-refractivity contribution is 7.89. The second-order valence-corrected chi connectivity index (χ2v) is 7.30. The average molecular weight is 319 g/mol. The van der Waals surface area contributed by atoms with E-state index in [1.54, 1.807) is 36.4 Å². The van der Waals surface area contributed by atoms with Crippen molar-refractivity contribution in [2.45, 2.75) is 11.8 Å². The molecule has 0 atom stereocenters. The van der Waals surface area contributed by atoms with Gasteiger partial charge in [0.05, 0.1) is 10.5 Å². The van der Waals surface area contributed by atoms with Crippen molar-refractivity contribution in [3.05, 3.63) is 53.6 Å². The molecule has 0 heterocycles. The fraction of sp³-hybridized carbons (Fsp3) is 0.188. The second-order valence-electron chi connectivity index (χ2n) is 5.15. The monoisotopic (exact) mass is 319 g/mol. The van der Waals surface area contributed by atoms with Gasteiger partial charge in [-0.15, -0.1) is 0 Å². The van der Waals surface area contributed by atoms with Gasteiger partial charge in [0.2, 0.25) is 10.0 Å². The summed E-state index contributed by atoms with van der Waals surface area (Å²) in [5.74, 6) is -0.970. The van der Waals surface area contributed by atoms with Crippen LogP contribution >= 0.6 is 0 Å². The van der Waals surface area contributed by atoms with Gasteiger partial charge in [-0.25, -0.2) is 17.5 Å². The SMILES string of the molecule is Cc1cc(C(=O)O)ccc1-c1ccc(S(=O)(=O)N(C)C)cc1. The number of hydrogen-bond donors (Lipinski definition) is 1. The van der Waals surface area contributed by atoms with Crippen LogP contribution in [0.25, 0.3) is 11.1 Å². The molecule has 6 heteroatoms. The van der Waals surface area contributed by atoms with E-state index in [2.05, 4.69) is 0 Å². The van der Waals surface area contributed by atoms with E-state index in [1.165, 1.54) is 20.2 Å². The van der Waals surface area contributed by atoms with Crippen molar-refractivity contribution >= 4 is 16.0 Å². The minimum atomic E-state index is -3.45. The van der Waals surface area contributed by atoms with Crippen LogP contribution in [0.15, 0.2) is 47.4 Å². The number of rotatable bonds is 4. The molecule has 0 spiro atoms. The van der Waals surface area contributed by atoms with Crippen LogP contribution in [0.2, 0.25) is 0 Å². The molecule has 2 aromatic rings. The summed E-state index contributed by atoms with van der Waals surface area (Å²) >= 11 is 0. The first-order chi connectivity index (χ1) is 10.2. The minimum absolute atomic E-state index is 0.223. The van der Waals surface area contributed by atoms with Crippen LogP contribution in [0, 0.1) is 6.92 Å². The molecule has 0 aliphatic carbocycles. The van der Waals surface area contributed by atoms with Gasteiger partial charge in [0.25, 0.3) is 0 Å². The Bertz CT molecular complexity index is 809. The lowest BCUT2D eigenvalue weighted by Gasteiger charge is -2.12. The van der Waals surface area contributed by atoms with Crippen LogP contribution < -0.4 is 0 Å². The molecule has 2 rings (SSSR count). The van der Waals surface area contributed by atoms with E-state index in [0.717, 1.165) is 21.0 Å². The molecule has 0 aromatic heterocycles. The van der Waals surface area contributed by atoms with Crippen molar-refractivity contribution in [3.63, 3.8) is 0 Å². The predicted octanol–water partition coefficient (Wildman–Crippen LogP) is 2.61. The van der Waals surface area contributed by atoms with E-state index in [4.69, 9.17) is 5.11 Å². The third kappa shape index (κ3) is 3.03. The van der Waals surface area contributed by atoms with E-state index < -0.39 is 16.0 Å². The highest BCUT2D eigenvalue weighted by Gasteiger charge is 2.17. The van der Waals surface area contributed by atoms with Crippen molar-refractivity contribution in [2.24, 2.45) is 0 Å². The molecule has 116 valence electrons. The molecule has 0 bridgehead atoms. The number of benzene rings is 2. The zero-order valence-electron chi connectivity index (χ0n) is 12.6. The van der Waals surface area contributed by atoms with Gasteiger partial charge >= 0.3 is 5.97 Å². The average Bonchev–Trinajstić information content (AvgIpc) is 2.47. The number of sulfonamides is 1. The van der Waals surface area contributed by atoms with Crippen molar-refractivity contribution in [1.82, 2.24) is 4.31 Å². The molecule has 0 saturated heterocycles. The Hall–Kier alpha value is -2.18. The van der Waals surface area contributed by atoms with Crippen LogP contribution in [-0.2, 0) is 10.0 Å². The lowest BCUT2D eigenvalue weighted by Crippen LogP contribution is -2.22. The Balaban J connectivity index is 2.42. The van der Waals surface area contributed by atoms with E-state index in [0.29, 0.717) is 0 Å². The van der Waals surface area contributed by atoms with Gasteiger partial charge < -0.3 is 5.11 Å². The molecule has 0 aliphatic rings. The number of hydrogen-bond acceptors (Lipinski definition) is 3. The summed E-state index contributed by atoms with van der Waals surface area (Å²) in [6.07, 6.45) is 0.